The van der Waals surface area contributed by atoms with Crippen molar-refractivity contribution in [1.29, 1.82) is 0 Å². The van der Waals surface area contributed by atoms with Crippen LogP contribution in [0.5, 0.6) is 0 Å². The first-order valence-corrected chi connectivity index (χ1v) is 10.8. The Balaban J connectivity index is 1.58. The number of aromatic carboxylic acids is 1. The Hall–Kier alpha value is -2.86. The van der Waals surface area contributed by atoms with Crippen molar-refractivity contribution in [2.45, 2.75) is 32.9 Å². The smallest absolute Gasteiger partial charge is 0.335 e. The normalized spacial score (nSPS) is 12.8. The Morgan fingerprint density at radius 1 is 1.10 bits per heavy atom. The van der Waals surface area contributed by atoms with Crippen molar-refractivity contribution in [2.75, 3.05) is 11.4 Å². The summed E-state index contributed by atoms with van der Waals surface area (Å²) in [6.07, 6.45) is 1.67. The number of anilines is 1. The number of carboxylic acids is 1. The van der Waals surface area contributed by atoms with E-state index in [2.05, 4.69) is 46.0 Å². The standard InChI is InChI=1S/C24H23BrN2O3/c1-16-2-5-18-11-12-26(21(18)14-16)15-22-20(25)8-9-23(28)27(22)13-10-17-3-6-19(7-4-17)24(29)30/h2-9,14H,10-13,15H2,1H3,(H,29,30). The van der Waals surface area contributed by atoms with Crippen molar-refractivity contribution in [1.82, 2.24) is 4.57 Å². The van der Waals surface area contributed by atoms with Crippen molar-refractivity contribution in [3.8, 4) is 0 Å². The fourth-order valence-electron chi connectivity index (χ4n) is 3.95. The number of hydrogen-bond donors (Lipinski definition) is 1. The number of carbonyl (C=O) groups is 1. The Labute approximate surface area is 183 Å². The molecule has 0 atom stereocenters. The average Bonchev–Trinajstić information content (AvgIpc) is 3.12. The Kier molecular flexibility index (Phi) is 5.77. The fourth-order valence-corrected chi connectivity index (χ4v) is 4.43. The van der Waals surface area contributed by atoms with Crippen LogP contribution in [0.3, 0.4) is 0 Å². The first-order chi connectivity index (χ1) is 14.4. The van der Waals surface area contributed by atoms with Gasteiger partial charge in [0.25, 0.3) is 5.56 Å². The molecule has 0 saturated heterocycles. The molecule has 0 bridgehead atoms. The molecule has 0 amide bonds. The van der Waals surface area contributed by atoms with Crippen LogP contribution in [-0.2, 0) is 25.9 Å². The molecule has 5 nitrogen and oxygen atoms in total. The zero-order chi connectivity index (χ0) is 21.3. The highest BCUT2D eigenvalue weighted by atomic mass is 79.9. The molecule has 1 N–H and O–H groups in total. The number of aromatic nitrogens is 1. The number of nitrogens with zero attached hydrogens (tertiary/aromatic N) is 2. The van der Waals surface area contributed by atoms with Crippen molar-refractivity contribution >= 4 is 27.6 Å². The number of carboxylic acid groups (broad SMARTS) is 1. The van der Waals surface area contributed by atoms with Crippen LogP contribution in [0, 0.1) is 6.92 Å². The van der Waals surface area contributed by atoms with Gasteiger partial charge in [-0.05, 0) is 76.7 Å². The molecule has 0 aliphatic carbocycles. The number of fused-ring (bicyclic) bond motifs is 1. The maximum Gasteiger partial charge on any atom is 0.335 e. The van der Waals surface area contributed by atoms with Crippen LogP contribution in [0.2, 0.25) is 0 Å². The summed E-state index contributed by atoms with van der Waals surface area (Å²) in [6, 6.07) is 16.8. The van der Waals surface area contributed by atoms with E-state index in [1.807, 2.05) is 22.8 Å². The zero-order valence-corrected chi connectivity index (χ0v) is 18.4. The highest BCUT2D eigenvalue weighted by molar-refractivity contribution is 9.10. The molecule has 0 fully saturated rings. The van der Waals surface area contributed by atoms with Crippen LogP contribution in [0.25, 0.3) is 0 Å². The van der Waals surface area contributed by atoms with E-state index in [-0.39, 0.29) is 11.1 Å². The van der Waals surface area contributed by atoms with Gasteiger partial charge < -0.3 is 14.6 Å². The predicted molar refractivity (Wildman–Crippen MR) is 121 cm³/mol. The summed E-state index contributed by atoms with van der Waals surface area (Å²) in [5.41, 5.74) is 6.02. The molecular formula is C24H23BrN2O3. The van der Waals surface area contributed by atoms with E-state index in [1.165, 1.54) is 16.8 Å². The lowest BCUT2D eigenvalue weighted by Crippen LogP contribution is -2.29. The van der Waals surface area contributed by atoms with Gasteiger partial charge in [-0.15, -0.1) is 0 Å². The van der Waals surface area contributed by atoms with Gasteiger partial charge in [-0.3, -0.25) is 4.79 Å². The molecule has 6 heteroatoms. The number of pyridine rings is 1. The van der Waals surface area contributed by atoms with Crippen LogP contribution in [-0.4, -0.2) is 22.2 Å². The molecule has 0 spiro atoms. The highest BCUT2D eigenvalue weighted by Gasteiger charge is 2.21. The molecule has 1 aromatic heterocycles. The molecule has 154 valence electrons. The quantitative estimate of drug-likeness (QED) is 0.583. The van der Waals surface area contributed by atoms with Crippen molar-refractivity contribution in [3.63, 3.8) is 0 Å². The van der Waals surface area contributed by atoms with Gasteiger partial charge in [0.1, 0.15) is 0 Å². The highest BCUT2D eigenvalue weighted by Crippen LogP contribution is 2.31. The third kappa shape index (κ3) is 4.19. The SMILES string of the molecule is Cc1ccc2c(c1)N(Cc1c(Br)ccc(=O)n1CCc1ccc(C(=O)O)cc1)CC2. The summed E-state index contributed by atoms with van der Waals surface area (Å²) in [5, 5.41) is 9.05. The van der Waals surface area contributed by atoms with Gasteiger partial charge in [-0.25, -0.2) is 4.79 Å². The summed E-state index contributed by atoms with van der Waals surface area (Å²) in [4.78, 5) is 26.0. The number of rotatable bonds is 6. The van der Waals surface area contributed by atoms with Gasteiger partial charge >= 0.3 is 5.97 Å². The lowest BCUT2D eigenvalue weighted by Gasteiger charge is -2.23. The largest absolute Gasteiger partial charge is 0.478 e. The number of aryl methyl sites for hydroxylation is 2. The molecular weight excluding hydrogens is 444 g/mol. The monoisotopic (exact) mass is 466 g/mol. The summed E-state index contributed by atoms with van der Waals surface area (Å²) < 4.78 is 2.74. The van der Waals surface area contributed by atoms with E-state index in [9.17, 15) is 9.59 Å². The van der Waals surface area contributed by atoms with Crippen LogP contribution in [0.1, 0.15) is 32.7 Å². The van der Waals surface area contributed by atoms with E-state index in [1.54, 1.807) is 18.2 Å². The van der Waals surface area contributed by atoms with Gasteiger partial charge in [-0.1, -0.05) is 24.3 Å². The minimum Gasteiger partial charge on any atom is -0.478 e. The van der Waals surface area contributed by atoms with Crippen LogP contribution in [0.4, 0.5) is 5.69 Å². The molecule has 3 aromatic rings. The summed E-state index contributed by atoms with van der Waals surface area (Å²) in [5.74, 6) is -0.937. The van der Waals surface area contributed by atoms with Crippen molar-refractivity contribution in [3.05, 3.63) is 97.4 Å². The first-order valence-electron chi connectivity index (χ1n) is 9.97. The van der Waals surface area contributed by atoms with Crippen LogP contribution >= 0.6 is 15.9 Å². The van der Waals surface area contributed by atoms with Gasteiger partial charge in [0.15, 0.2) is 0 Å². The summed E-state index contributed by atoms with van der Waals surface area (Å²) >= 11 is 3.64. The Morgan fingerprint density at radius 3 is 2.60 bits per heavy atom. The maximum atomic E-state index is 12.7. The molecule has 1 aliphatic rings. The fraction of sp³-hybridized carbons (Fsp3) is 0.250. The van der Waals surface area contributed by atoms with Crippen LogP contribution < -0.4 is 10.5 Å². The van der Waals surface area contributed by atoms with Crippen LogP contribution in [0.15, 0.2) is 63.9 Å². The lowest BCUT2D eigenvalue weighted by atomic mass is 10.1. The summed E-state index contributed by atoms with van der Waals surface area (Å²) in [6.45, 7) is 4.23. The van der Waals surface area contributed by atoms with Crippen molar-refractivity contribution in [2.24, 2.45) is 0 Å². The van der Waals surface area contributed by atoms with E-state index in [0.29, 0.717) is 19.5 Å². The maximum absolute atomic E-state index is 12.7. The second-order valence-corrected chi connectivity index (χ2v) is 8.53. The van der Waals surface area contributed by atoms with Crippen molar-refractivity contribution < 1.29 is 9.90 Å². The van der Waals surface area contributed by atoms with E-state index in [0.717, 1.165) is 28.7 Å². The topological polar surface area (TPSA) is 62.5 Å². The Bertz CT molecular complexity index is 1150. The first kappa shape index (κ1) is 20.4. The molecule has 0 saturated carbocycles. The molecule has 2 heterocycles. The average molecular weight is 467 g/mol. The van der Waals surface area contributed by atoms with Gasteiger partial charge in [0.05, 0.1) is 17.8 Å². The second kappa shape index (κ2) is 8.48. The van der Waals surface area contributed by atoms with E-state index < -0.39 is 5.97 Å². The predicted octanol–water partition coefficient (Wildman–Crippen LogP) is 4.42. The molecule has 4 rings (SSSR count). The van der Waals surface area contributed by atoms with Gasteiger partial charge in [0, 0.05) is 29.3 Å². The number of halogens is 1. The van der Waals surface area contributed by atoms with E-state index in [4.69, 9.17) is 5.11 Å². The minimum absolute atomic E-state index is 0.0287. The minimum atomic E-state index is -0.937. The number of benzene rings is 2. The van der Waals surface area contributed by atoms with Gasteiger partial charge in [0.2, 0.25) is 0 Å². The number of hydrogen-bond acceptors (Lipinski definition) is 3. The molecule has 0 radical (unpaired) electrons. The Morgan fingerprint density at radius 2 is 1.87 bits per heavy atom. The third-order valence-electron chi connectivity index (χ3n) is 5.64. The van der Waals surface area contributed by atoms with E-state index >= 15 is 0 Å². The third-order valence-corrected chi connectivity index (χ3v) is 6.36. The summed E-state index contributed by atoms with van der Waals surface area (Å²) in [7, 11) is 0. The zero-order valence-electron chi connectivity index (χ0n) is 16.8. The lowest BCUT2D eigenvalue weighted by molar-refractivity contribution is 0.0697. The van der Waals surface area contributed by atoms with Gasteiger partial charge in [-0.2, -0.15) is 0 Å². The second-order valence-electron chi connectivity index (χ2n) is 7.67. The molecule has 0 unspecified atom stereocenters. The molecule has 1 aliphatic heterocycles. The molecule has 30 heavy (non-hydrogen) atoms. The molecule has 2 aromatic carbocycles.